The van der Waals surface area contributed by atoms with Crippen LogP contribution in [-0.4, -0.2) is 52.9 Å². The van der Waals surface area contributed by atoms with E-state index in [-0.39, 0.29) is 22.9 Å². The van der Waals surface area contributed by atoms with Crippen LogP contribution in [0.4, 0.5) is 0 Å². The molecular weight excluding hydrogens is 256 g/mol. The van der Waals surface area contributed by atoms with Crippen molar-refractivity contribution in [3.05, 3.63) is 33.7 Å². The average Bonchev–Trinajstić information content (AvgIpc) is 2.46. The Kier molecular flexibility index (Phi) is 4.20. The number of piperazine rings is 1. The number of hydrogen-bond donors (Lipinski definition) is 1. The minimum atomic E-state index is -0.251. The highest BCUT2D eigenvalue weighted by atomic mass is 16.2. The Bertz CT molecular complexity index is 594. The number of nitrogens with zero attached hydrogens (tertiary/aromatic N) is 3. The molecule has 0 radical (unpaired) electrons. The largest absolute Gasteiger partial charge is 0.364 e. The van der Waals surface area contributed by atoms with Gasteiger partial charge in [0.25, 0.3) is 5.91 Å². The second-order valence-electron chi connectivity index (χ2n) is 5.03. The molecular formula is C14H18N4O2. The number of nitriles is 1. The number of nitrogens with one attached hydrogen (secondary N) is 1. The fraction of sp³-hybridized carbons (Fsp3) is 0.500. The molecule has 1 aliphatic heterocycles. The molecule has 6 heteroatoms. The van der Waals surface area contributed by atoms with E-state index < -0.39 is 0 Å². The van der Waals surface area contributed by atoms with Gasteiger partial charge in [-0.15, -0.1) is 0 Å². The molecule has 1 aliphatic rings. The van der Waals surface area contributed by atoms with Crippen molar-refractivity contribution in [2.45, 2.75) is 19.9 Å². The number of aromatic nitrogens is 1. The molecule has 2 rings (SSSR count). The standard InChI is InChI=1S/C14H18N4O2/c1-10-7-13(19)12(9-16-10)14(20)18-5-3-17(4-6-18)11(2)8-15/h7,9,11H,3-6H2,1-2H3,(H,16,19). The lowest BCUT2D eigenvalue weighted by Crippen LogP contribution is -2.51. The molecule has 1 saturated heterocycles. The fourth-order valence-corrected chi connectivity index (χ4v) is 2.30. The lowest BCUT2D eigenvalue weighted by atomic mass is 10.2. The molecule has 1 atom stereocenters. The Morgan fingerprint density at radius 2 is 2.05 bits per heavy atom. The number of carbonyl (C=O) groups excluding carboxylic acids is 1. The summed E-state index contributed by atoms with van der Waals surface area (Å²) < 4.78 is 0. The first-order valence-electron chi connectivity index (χ1n) is 6.65. The van der Waals surface area contributed by atoms with Gasteiger partial charge in [0, 0.05) is 44.1 Å². The third kappa shape index (κ3) is 2.89. The minimum Gasteiger partial charge on any atom is -0.364 e. The van der Waals surface area contributed by atoms with Gasteiger partial charge in [0.1, 0.15) is 5.56 Å². The molecule has 1 unspecified atom stereocenters. The quantitative estimate of drug-likeness (QED) is 0.844. The van der Waals surface area contributed by atoms with Crippen molar-refractivity contribution < 1.29 is 4.79 Å². The summed E-state index contributed by atoms with van der Waals surface area (Å²) in [5.74, 6) is -0.240. The zero-order chi connectivity index (χ0) is 14.7. The van der Waals surface area contributed by atoms with E-state index in [1.165, 1.54) is 12.3 Å². The lowest BCUT2D eigenvalue weighted by molar-refractivity contribution is 0.0614. The number of aromatic amines is 1. The predicted octanol–water partition coefficient (Wildman–Crippen LogP) is 0.353. The summed E-state index contributed by atoms with van der Waals surface area (Å²) in [6.45, 7) is 6.02. The Hall–Kier alpha value is -2.13. The monoisotopic (exact) mass is 274 g/mol. The Balaban J connectivity index is 2.06. The maximum absolute atomic E-state index is 12.3. The fourth-order valence-electron chi connectivity index (χ4n) is 2.30. The number of pyridine rings is 1. The maximum Gasteiger partial charge on any atom is 0.259 e. The van der Waals surface area contributed by atoms with Crippen molar-refractivity contribution in [3.8, 4) is 6.07 Å². The van der Waals surface area contributed by atoms with Gasteiger partial charge in [0.05, 0.1) is 12.1 Å². The molecule has 1 amide bonds. The van der Waals surface area contributed by atoms with Crippen LogP contribution in [0.2, 0.25) is 0 Å². The molecule has 1 aromatic heterocycles. The van der Waals surface area contributed by atoms with Gasteiger partial charge in [-0.1, -0.05) is 0 Å². The van der Waals surface area contributed by atoms with E-state index >= 15 is 0 Å². The summed E-state index contributed by atoms with van der Waals surface area (Å²) in [5.41, 5.74) is 0.663. The molecule has 2 heterocycles. The summed E-state index contributed by atoms with van der Waals surface area (Å²) >= 11 is 0. The summed E-state index contributed by atoms with van der Waals surface area (Å²) in [7, 11) is 0. The van der Waals surface area contributed by atoms with Crippen molar-refractivity contribution in [1.82, 2.24) is 14.8 Å². The number of amides is 1. The third-order valence-electron chi connectivity index (χ3n) is 3.62. The predicted molar refractivity (Wildman–Crippen MR) is 74.4 cm³/mol. The zero-order valence-electron chi connectivity index (χ0n) is 11.7. The maximum atomic E-state index is 12.3. The average molecular weight is 274 g/mol. The van der Waals surface area contributed by atoms with Crippen molar-refractivity contribution >= 4 is 5.91 Å². The van der Waals surface area contributed by atoms with Crippen LogP contribution in [0.1, 0.15) is 23.0 Å². The number of hydrogen-bond acceptors (Lipinski definition) is 4. The third-order valence-corrected chi connectivity index (χ3v) is 3.62. The summed E-state index contributed by atoms with van der Waals surface area (Å²) in [5, 5.41) is 8.88. The van der Waals surface area contributed by atoms with Crippen molar-refractivity contribution in [2.75, 3.05) is 26.2 Å². The molecule has 0 saturated carbocycles. The van der Waals surface area contributed by atoms with Crippen molar-refractivity contribution in [3.63, 3.8) is 0 Å². The second kappa shape index (κ2) is 5.88. The molecule has 0 aliphatic carbocycles. The van der Waals surface area contributed by atoms with Crippen LogP contribution in [-0.2, 0) is 0 Å². The zero-order valence-corrected chi connectivity index (χ0v) is 11.7. The molecule has 1 N–H and O–H groups in total. The van der Waals surface area contributed by atoms with Crippen LogP contribution in [0.25, 0.3) is 0 Å². The lowest BCUT2D eigenvalue weighted by Gasteiger charge is -2.35. The van der Waals surface area contributed by atoms with Crippen LogP contribution in [0, 0.1) is 18.3 Å². The van der Waals surface area contributed by atoms with E-state index in [1.54, 1.807) is 11.8 Å². The highest BCUT2D eigenvalue weighted by Crippen LogP contribution is 2.08. The van der Waals surface area contributed by atoms with Gasteiger partial charge in [0.15, 0.2) is 5.43 Å². The molecule has 0 aromatic carbocycles. The Morgan fingerprint density at radius 3 is 2.60 bits per heavy atom. The van der Waals surface area contributed by atoms with Gasteiger partial charge < -0.3 is 9.88 Å². The first kappa shape index (κ1) is 14.3. The van der Waals surface area contributed by atoms with Gasteiger partial charge in [-0.2, -0.15) is 5.26 Å². The number of rotatable bonds is 2. The van der Waals surface area contributed by atoms with Gasteiger partial charge in [-0.3, -0.25) is 14.5 Å². The van der Waals surface area contributed by atoms with Gasteiger partial charge in [0.2, 0.25) is 0 Å². The number of carbonyl (C=O) groups is 1. The summed E-state index contributed by atoms with van der Waals surface area (Å²) in [6, 6.07) is 3.48. The SMILES string of the molecule is Cc1cc(=O)c(C(=O)N2CCN(C(C)C#N)CC2)c[nH]1. The van der Waals surface area contributed by atoms with E-state index in [9.17, 15) is 9.59 Å². The van der Waals surface area contributed by atoms with Crippen LogP contribution in [0.5, 0.6) is 0 Å². The molecule has 6 nitrogen and oxygen atoms in total. The van der Waals surface area contributed by atoms with Crippen LogP contribution < -0.4 is 5.43 Å². The van der Waals surface area contributed by atoms with E-state index in [4.69, 9.17) is 5.26 Å². The van der Waals surface area contributed by atoms with Crippen molar-refractivity contribution in [2.24, 2.45) is 0 Å². The molecule has 106 valence electrons. The van der Waals surface area contributed by atoms with E-state index in [0.717, 1.165) is 5.69 Å². The van der Waals surface area contributed by atoms with Crippen LogP contribution in [0.3, 0.4) is 0 Å². The van der Waals surface area contributed by atoms with E-state index in [2.05, 4.69) is 11.1 Å². The Labute approximate surface area is 117 Å². The number of H-pyrrole nitrogens is 1. The second-order valence-corrected chi connectivity index (χ2v) is 5.03. The van der Waals surface area contributed by atoms with Crippen LogP contribution >= 0.6 is 0 Å². The molecule has 20 heavy (non-hydrogen) atoms. The highest BCUT2D eigenvalue weighted by Gasteiger charge is 2.25. The Morgan fingerprint density at radius 1 is 1.40 bits per heavy atom. The van der Waals surface area contributed by atoms with Gasteiger partial charge >= 0.3 is 0 Å². The van der Waals surface area contributed by atoms with E-state index in [1.807, 2.05) is 11.8 Å². The smallest absolute Gasteiger partial charge is 0.259 e. The normalized spacial score (nSPS) is 17.6. The van der Waals surface area contributed by atoms with Gasteiger partial charge in [-0.25, -0.2) is 0 Å². The van der Waals surface area contributed by atoms with Crippen molar-refractivity contribution in [1.29, 1.82) is 5.26 Å². The number of aryl methyl sites for hydroxylation is 1. The van der Waals surface area contributed by atoms with Crippen LogP contribution in [0.15, 0.2) is 17.1 Å². The molecule has 0 spiro atoms. The van der Waals surface area contributed by atoms with E-state index in [0.29, 0.717) is 26.2 Å². The summed E-state index contributed by atoms with van der Waals surface area (Å²) in [4.78, 5) is 30.7. The first-order chi connectivity index (χ1) is 9.52. The molecule has 0 bridgehead atoms. The molecule has 1 aromatic rings. The topological polar surface area (TPSA) is 80.2 Å². The minimum absolute atomic E-state index is 0.143. The molecule has 1 fully saturated rings. The van der Waals surface area contributed by atoms with Gasteiger partial charge in [-0.05, 0) is 13.8 Å². The highest BCUT2D eigenvalue weighted by molar-refractivity contribution is 5.93. The first-order valence-corrected chi connectivity index (χ1v) is 6.65. The summed E-state index contributed by atoms with van der Waals surface area (Å²) in [6.07, 6.45) is 1.48.